The molecule has 0 aromatic heterocycles. The standard InChI is InChI=1S/C25H36N2O6/c1-24-8-7-21-25(2,13-30-23(11-26)33-21)20(24)6-4-17(28)16(24)10-22(29)27-12-15-3-5-18-19(9-15)32-14-31-18/h3,5,9,16-17,20-21,23,28H,4,6-8,10-14,26H2,1-2H3,(H,27,29)/p+1/t16-,17-,20+,21-,23-,24+,25+/m1/s1. The predicted molar refractivity (Wildman–Crippen MR) is 119 cm³/mol. The number of hydrogen-bond donors (Lipinski definition) is 3. The van der Waals surface area contributed by atoms with Crippen LogP contribution < -0.4 is 20.5 Å². The molecule has 1 aromatic carbocycles. The summed E-state index contributed by atoms with van der Waals surface area (Å²) in [6.07, 6.45) is 3.28. The number of ether oxygens (including phenoxy) is 4. The van der Waals surface area contributed by atoms with Crippen LogP contribution in [-0.2, 0) is 20.8 Å². The molecular formula is C25H37N2O6+. The molecule has 3 fully saturated rings. The molecule has 1 amide bonds. The van der Waals surface area contributed by atoms with E-state index in [2.05, 4.69) is 24.9 Å². The molecule has 2 aliphatic carbocycles. The molecule has 7 atom stereocenters. The Kier molecular flexibility index (Phi) is 6.05. The van der Waals surface area contributed by atoms with Gasteiger partial charge in [-0.1, -0.05) is 19.9 Å². The Morgan fingerprint density at radius 3 is 2.82 bits per heavy atom. The minimum absolute atomic E-state index is 0.0286. The van der Waals surface area contributed by atoms with Gasteiger partial charge in [0.1, 0.15) is 6.54 Å². The molecule has 8 heteroatoms. The first-order valence-corrected chi connectivity index (χ1v) is 12.2. The van der Waals surface area contributed by atoms with Crippen LogP contribution >= 0.6 is 0 Å². The van der Waals surface area contributed by atoms with E-state index in [1.807, 2.05) is 18.2 Å². The molecule has 0 unspecified atom stereocenters. The molecule has 0 spiro atoms. The zero-order valence-electron chi connectivity index (χ0n) is 19.7. The number of carbonyl (C=O) groups excluding carboxylic acids is 1. The maximum absolute atomic E-state index is 13.0. The van der Waals surface area contributed by atoms with Crippen molar-refractivity contribution in [1.29, 1.82) is 0 Å². The van der Waals surface area contributed by atoms with Crippen LogP contribution in [-0.4, -0.2) is 49.5 Å². The normalized spacial score (nSPS) is 39.5. The summed E-state index contributed by atoms with van der Waals surface area (Å²) >= 11 is 0. The summed E-state index contributed by atoms with van der Waals surface area (Å²) in [6.45, 7) is 6.46. The topological polar surface area (TPSA) is 114 Å². The summed E-state index contributed by atoms with van der Waals surface area (Å²) in [7, 11) is 0. The van der Waals surface area contributed by atoms with Gasteiger partial charge in [0.05, 0.1) is 18.8 Å². The SMILES string of the molecule is C[C@@]12CO[C@@H](C[NH3+])O[C@@H]1CC[C@]1(C)[C@@H]2CC[C@@H](O)[C@H]1CC(=O)NCc1ccc2c(c1)OCO2. The van der Waals surface area contributed by atoms with Gasteiger partial charge in [-0.05, 0) is 60.6 Å². The van der Waals surface area contributed by atoms with Gasteiger partial charge in [0.2, 0.25) is 19.0 Å². The van der Waals surface area contributed by atoms with Crippen molar-refractivity contribution in [2.75, 3.05) is 19.9 Å². The third-order valence-corrected chi connectivity index (χ3v) is 8.80. The highest BCUT2D eigenvalue weighted by Gasteiger charge is 2.61. The Bertz CT molecular complexity index is 896. The number of carbonyl (C=O) groups is 1. The molecule has 2 saturated carbocycles. The largest absolute Gasteiger partial charge is 0.454 e. The number of aliphatic hydroxyl groups excluding tert-OH is 1. The van der Waals surface area contributed by atoms with E-state index < -0.39 is 6.10 Å². The van der Waals surface area contributed by atoms with E-state index in [1.54, 1.807) is 0 Å². The number of nitrogens with one attached hydrogen (secondary N) is 1. The Hall–Kier alpha value is -1.87. The van der Waals surface area contributed by atoms with Crippen molar-refractivity contribution in [1.82, 2.24) is 5.32 Å². The first-order chi connectivity index (χ1) is 15.8. The van der Waals surface area contributed by atoms with Crippen LogP contribution in [0.15, 0.2) is 18.2 Å². The minimum atomic E-state index is -0.472. The highest BCUT2D eigenvalue weighted by molar-refractivity contribution is 5.76. The second-order valence-corrected chi connectivity index (χ2v) is 10.7. The van der Waals surface area contributed by atoms with Gasteiger partial charge < -0.3 is 35.1 Å². The van der Waals surface area contributed by atoms with Crippen LogP contribution in [0.3, 0.4) is 0 Å². The molecule has 8 nitrogen and oxygen atoms in total. The van der Waals surface area contributed by atoms with Gasteiger partial charge in [-0.3, -0.25) is 4.79 Å². The van der Waals surface area contributed by atoms with Crippen LogP contribution in [0.25, 0.3) is 0 Å². The molecule has 0 bridgehead atoms. The van der Waals surface area contributed by atoms with Crippen LogP contribution in [0, 0.1) is 22.7 Å². The van der Waals surface area contributed by atoms with Gasteiger partial charge in [0, 0.05) is 18.4 Å². The monoisotopic (exact) mass is 461 g/mol. The molecule has 33 heavy (non-hydrogen) atoms. The fourth-order valence-corrected chi connectivity index (χ4v) is 6.96. The summed E-state index contributed by atoms with van der Waals surface area (Å²) < 4.78 is 23.0. The Morgan fingerprint density at radius 1 is 1.18 bits per heavy atom. The van der Waals surface area contributed by atoms with Crippen LogP contribution in [0.5, 0.6) is 11.5 Å². The number of quaternary nitrogens is 1. The van der Waals surface area contributed by atoms with Gasteiger partial charge in [-0.25, -0.2) is 0 Å². The van der Waals surface area contributed by atoms with E-state index in [-0.39, 0.29) is 41.8 Å². The number of rotatable bonds is 5. The van der Waals surface area contributed by atoms with Crippen molar-refractivity contribution in [3.63, 3.8) is 0 Å². The van der Waals surface area contributed by atoms with Gasteiger partial charge in [-0.15, -0.1) is 0 Å². The van der Waals surface area contributed by atoms with E-state index in [4.69, 9.17) is 18.9 Å². The highest BCUT2D eigenvalue weighted by Crippen LogP contribution is 2.62. The lowest BCUT2D eigenvalue weighted by atomic mass is 9.46. The summed E-state index contributed by atoms with van der Waals surface area (Å²) in [5, 5.41) is 14.0. The zero-order chi connectivity index (χ0) is 23.2. The summed E-state index contributed by atoms with van der Waals surface area (Å²) in [5.41, 5.74) is 4.65. The lowest BCUT2D eigenvalue weighted by molar-refractivity contribution is -0.432. The van der Waals surface area contributed by atoms with Crippen molar-refractivity contribution < 1.29 is 34.6 Å². The van der Waals surface area contributed by atoms with Crippen molar-refractivity contribution in [3.8, 4) is 11.5 Å². The number of amides is 1. The van der Waals surface area contributed by atoms with E-state index >= 15 is 0 Å². The smallest absolute Gasteiger partial charge is 0.231 e. The highest BCUT2D eigenvalue weighted by atomic mass is 16.7. The molecule has 1 aromatic rings. The summed E-state index contributed by atoms with van der Waals surface area (Å²) in [4.78, 5) is 13.0. The Balaban J connectivity index is 1.26. The molecule has 5 N–H and O–H groups in total. The third-order valence-electron chi connectivity index (χ3n) is 8.80. The first-order valence-electron chi connectivity index (χ1n) is 12.2. The Morgan fingerprint density at radius 2 is 2.00 bits per heavy atom. The second kappa shape index (κ2) is 8.73. The Labute approximate surface area is 195 Å². The van der Waals surface area contributed by atoms with Crippen LogP contribution in [0.2, 0.25) is 0 Å². The maximum atomic E-state index is 13.0. The van der Waals surface area contributed by atoms with E-state index in [9.17, 15) is 9.90 Å². The predicted octanol–water partition coefficient (Wildman–Crippen LogP) is 1.60. The van der Waals surface area contributed by atoms with Crippen molar-refractivity contribution >= 4 is 5.91 Å². The van der Waals surface area contributed by atoms with Crippen LogP contribution in [0.1, 0.15) is 51.5 Å². The number of hydrogen-bond acceptors (Lipinski definition) is 6. The maximum Gasteiger partial charge on any atom is 0.231 e. The van der Waals surface area contributed by atoms with Gasteiger partial charge >= 0.3 is 0 Å². The molecule has 4 aliphatic rings. The summed E-state index contributed by atoms with van der Waals surface area (Å²) in [5.74, 6) is 1.67. The zero-order valence-corrected chi connectivity index (χ0v) is 19.7. The lowest BCUT2D eigenvalue weighted by Crippen LogP contribution is -2.66. The second-order valence-electron chi connectivity index (χ2n) is 10.7. The third kappa shape index (κ3) is 4.01. The fourth-order valence-electron chi connectivity index (χ4n) is 6.96. The fraction of sp³-hybridized carbons (Fsp3) is 0.720. The van der Waals surface area contributed by atoms with Gasteiger partial charge in [0.15, 0.2) is 11.5 Å². The molecule has 2 heterocycles. The minimum Gasteiger partial charge on any atom is -0.454 e. The van der Waals surface area contributed by atoms with Crippen molar-refractivity contribution in [3.05, 3.63) is 23.8 Å². The van der Waals surface area contributed by atoms with Gasteiger partial charge in [0.25, 0.3) is 0 Å². The van der Waals surface area contributed by atoms with Crippen molar-refractivity contribution in [2.24, 2.45) is 22.7 Å². The number of aliphatic hydroxyl groups is 1. The lowest BCUT2D eigenvalue weighted by Gasteiger charge is -2.62. The first kappa shape index (κ1) is 22.9. The summed E-state index contributed by atoms with van der Waals surface area (Å²) in [6, 6.07) is 5.71. The van der Waals surface area contributed by atoms with E-state index in [0.717, 1.165) is 30.6 Å². The molecule has 2 aliphatic heterocycles. The molecule has 5 rings (SSSR count). The van der Waals surface area contributed by atoms with Gasteiger partial charge in [-0.2, -0.15) is 0 Å². The average molecular weight is 462 g/mol. The quantitative estimate of drug-likeness (QED) is 0.614. The molecule has 1 saturated heterocycles. The van der Waals surface area contributed by atoms with Crippen molar-refractivity contribution in [2.45, 2.75) is 71.0 Å². The number of benzene rings is 1. The van der Waals surface area contributed by atoms with E-state index in [0.29, 0.717) is 44.2 Å². The molecule has 0 radical (unpaired) electrons. The number of fused-ring (bicyclic) bond motifs is 4. The molecule has 182 valence electrons. The molecular weight excluding hydrogens is 424 g/mol. The van der Waals surface area contributed by atoms with E-state index in [1.165, 1.54) is 0 Å². The van der Waals surface area contributed by atoms with Crippen LogP contribution in [0.4, 0.5) is 0 Å². The average Bonchev–Trinajstić information content (AvgIpc) is 3.27.